The molecule has 0 bridgehead atoms. The van der Waals surface area contributed by atoms with Crippen LogP contribution in [0.25, 0.3) is 11.2 Å². The molecule has 40 heavy (non-hydrogen) atoms. The van der Waals surface area contributed by atoms with Gasteiger partial charge in [-0.05, 0) is 63.5 Å². The Morgan fingerprint density at radius 2 is 1.65 bits per heavy atom. The first-order valence-corrected chi connectivity index (χ1v) is 15.4. The van der Waals surface area contributed by atoms with E-state index in [2.05, 4.69) is 30.6 Å². The van der Waals surface area contributed by atoms with Gasteiger partial charge in [0.05, 0.1) is 18.1 Å². The average Bonchev–Trinajstić information content (AvgIpc) is 3.23. The lowest BCUT2D eigenvalue weighted by atomic mass is 9.91. The van der Waals surface area contributed by atoms with Crippen molar-refractivity contribution in [2.24, 2.45) is 0 Å². The van der Waals surface area contributed by atoms with Gasteiger partial charge in [0.25, 0.3) is 0 Å². The van der Waals surface area contributed by atoms with Gasteiger partial charge in [-0.3, -0.25) is 9.36 Å². The van der Waals surface area contributed by atoms with Crippen LogP contribution < -0.4 is 20.7 Å². The fourth-order valence-electron chi connectivity index (χ4n) is 5.71. The SMILES string of the molecule is CC(=O)N[C@H]1CC[C@H](n2c(Nc3ccc(F)cc3F)nc3cnc(N[C@H]4CC[C@H](NS(C)(=O)=O)CC4)nc32)CC1. The highest BCUT2D eigenvalue weighted by Crippen LogP contribution is 2.35. The monoisotopic (exact) mass is 576 g/mol. The molecule has 0 spiro atoms. The molecule has 1 aromatic carbocycles. The fraction of sp³-hybridized carbons (Fsp3) is 0.538. The van der Waals surface area contributed by atoms with Crippen molar-refractivity contribution < 1.29 is 22.0 Å². The largest absolute Gasteiger partial charge is 0.354 e. The molecule has 5 rings (SSSR count). The normalized spacial score (nSPS) is 23.6. The van der Waals surface area contributed by atoms with Crippen molar-refractivity contribution in [2.75, 3.05) is 16.9 Å². The zero-order valence-electron chi connectivity index (χ0n) is 22.5. The number of sulfonamides is 1. The Balaban J connectivity index is 1.39. The maximum atomic E-state index is 14.5. The molecule has 3 aromatic rings. The summed E-state index contributed by atoms with van der Waals surface area (Å²) >= 11 is 0. The predicted molar refractivity (Wildman–Crippen MR) is 148 cm³/mol. The van der Waals surface area contributed by atoms with E-state index in [1.807, 2.05) is 4.57 Å². The molecule has 216 valence electrons. The Labute approximate surface area is 231 Å². The Morgan fingerprint density at radius 3 is 2.30 bits per heavy atom. The van der Waals surface area contributed by atoms with Crippen LogP contribution in [0.15, 0.2) is 24.4 Å². The number of hydrogen-bond acceptors (Lipinski definition) is 8. The Kier molecular flexibility index (Phi) is 8.17. The van der Waals surface area contributed by atoms with Crippen LogP contribution in [0.4, 0.5) is 26.4 Å². The zero-order valence-corrected chi connectivity index (χ0v) is 23.3. The minimum absolute atomic E-state index is 0.0127. The number of carbonyl (C=O) groups is 1. The third kappa shape index (κ3) is 6.84. The summed E-state index contributed by atoms with van der Waals surface area (Å²) in [6.45, 7) is 1.51. The van der Waals surface area contributed by atoms with E-state index in [4.69, 9.17) is 4.98 Å². The minimum Gasteiger partial charge on any atom is -0.354 e. The Bertz CT molecular complexity index is 1480. The molecule has 2 fully saturated rings. The van der Waals surface area contributed by atoms with Gasteiger partial charge in [-0.25, -0.2) is 31.9 Å². The van der Waals surface area contributed by atoms with Crippen LogP contribution in [-0.2, 0) is 14.8 Å². The number of fused-ring (bicyclic) bond motifs is 1. The summed E-state index contributed by atoms with van der Waals surface area (Å²) in [4.78, 5) is 25.4. The predicted octanol–water partition coefficient (Wildman–Crippen LogP) is 3.74. The number of hydrogen-bond donors (Lipinski definition) is 4. The van der Waals surface area contributed by atoms with E-state index >= 15 is 0 Å². The van der Waals surface area contributed by atoms with Crippen LogP contribution in [0.5, 0.6) is 0 Å². The van der Waals surface area contributed by atoms with E-state index in [-0.39, 0.29) is 35.8 Å². The molecule has 2 saturated carbocycles. The molecule has 1 amide bonds. The summed E-state index contributed by atoms with van der Waals surface area (Å²) in [7, 11) is -3.25. The molecule has 4 N–H and O–H groups in total. The molecule has 14 heteroatoms. The second-order valence-corrected chi connectivity index (χ2v) is 12.5. The molecular formula is C26H34F2N8O3S. The number of halogens is 2. The van der Waals surface area contributed by atoms with Gasteiger partial charge in [-0.1, -0.05) is 0 Å². The molecule has 0 aliphatic heterocycles. The molecule has 2 aliphatic rings. The van der Waals surface area contributed by atoms with Crippen LogP contribution >= 0.6 is 0 Å². The molecule has 0 atom stereocenters. The number of imidazole rings is 1. The van der Waals surface area contributed by atoms with Gasteiger partial charge in [-0.15, -0.1) is 0 Å². The summed E-state index contributed by atoms with van der Waals surface area (Å²) in [5, 5.41) is 9.38. The lowest BCUT2D eigenvalue weighted by Crippen LogP contribution is -2.39. The first-order valence-electron chi connectivity index (χ1n) is 13.5. The number of rotatable bonds is 8. The van der Waals surface area contributed by atoms with Crippen molar-refractivity contribution in [1.29, 1.82) is 0 Å². The highest BCUT2D eigenvalue weighted by Gasteiger charge is 2.28. The van der Waals surface area contributed by atoms with Crippen molar-refractivity contribution in [3.63, 3.8) is 0 Å². The molecule has 2 aromatic heterocycles. The van der Waals surface area contributed by atoms with Crippen molar-refractivity contribution in [3.05, 3.63) is 36.0 Å². The lowest BCUT2D eigenvalue weighted by Gasteiger charge is -2.31. The summed E-state index contributed by atoms with van der Waals surface area (Å²) in [6, 6.07) is 3.41. The maximum Gasteiger partial charge on any atom is 0.224 e. The Morgan fingerprint density at radius 1 is 0.975 bits per heavy atom. The van der Waals surface area contributed by atoms with Crippen molar-refractivity contribution >= 4 is 44.7 Å². The first-order chi connectivity index (χ1) is 19.0. The molecule has 11 nitrogen and oxygen atoms in total. The van der Waals surface area contributed by atoms with Gasteiger partial charge in [0.15, 0.2) is 5.65 Å². The van der Waals surface area contributed by atoms with Gasteiger partial charge in [-0.2, -0.15) is 4.98 Å². The second kappa shape index (κ2) is 11.6. The van der Waals surface area contributed by atoms with Crippen LogP contribution in [0.3, 0.4) is 0 Å². The second-order valence-electron chi connectivity index (χ2n) is 10.7. The van der Waals surface area contributed by atoms with Crippen molar-refractivity contribution in [2.45, 2.75) is 82.5 Å². The number of aromatic nitrogens is 4. The highest BCUT2D eigenvalue weighted by molar-refractivity contribution is 7.88. The number of benzene rings is 1. The van der Waals surface area contributed by atoms with E-state index < -0.39 is 21.7 Å². The van der Waals surface area contributed by atoms with Gasteiger partial charge in [0, 0.05) is 37.2 Å². The third-order valence-electron chi connectivity index (χ3n) is 7.52. The number of amides is 1. The summed E-state index contributed by atoms with van der Waals surface area (Å²) < 4.78 is 55.8. The van der Waals surface area contributed by atoms with Gasteiger partial charge in [0.2, 0.25) is 27.8 Å². The molecule has 0 radical (unpaired) electrons. The zero-order chi connectivity index (χ0) is 28.4. The quantitative estimate of drug-likeness (QED) is 0.318. The van der Waals surface area contributed by atoms with Gasteiger partial charge >= 0.3 is 0 Å². The fourth-order valence-corrected chi connectivity index (χ4v) is 6.55. The van der Waals surface area contributed by atoms with Crippen LogP contribution in [0.1, 0.15) is 64.3 Å². The van der Waals surface area contributed by atoms with E-state index in [0.717, 1.165) is 44.6 Å². The van der Waals surface area contributed by atoms with Crippen LogP contribution in [0.2, 0.25) is 0 Å². The molecule has 0 unspecified atom stereocenters. The molecule has 2 heterocycles. The lowest BCUT2D eigenvalue weighted by molar-refractivity contribution is -0.119. The van der Waals surface area contributed by atoms with E-state index in [0.29, 0.717) is 35.9 Å². The van der Waals surface area contributed by atoms with E-state index in [9.17, 15) is 22.0 Å². The minimum atomic E-state index is -3.25. The Hall–Kier alpha value is -3.39. The van der Waals surface area contributed by atoms with Gasteiger partial charge < -0.3 is 16.0 Å². The molecule has 2 aliphatic carbocycles. The first kappa shape index (κ1) is 28.1. The smallest absolute Gasteiger partial charge is 0.224 e. The van der Waals surface area contributed by atoms with E-state index in [1.165, 1.54) is 25.3 Å². The van der Waals surface area contributed by atoms with E-state index in [1.54, 1.807) is 6.20 Å². The summed E-state index contributed by atoms with van der Waals surface area (Å²) in [6.07, 6.45) is 8.78. The summed E-state index contributed by atoms with van der Waals surface area (Å²) in [5.41, 5.74) is 1.20. The number of anilines is 3. The van der Waals surface area contributed by atoms with Crippen molar-refractivity contribution in [3.8, 4) is 0 Å². The van der Waals surface area contributed by atoms with Crippen molar-refractivity contribution in [1.82, 2.24) is 29.6 Å². The topological polar surface area (TPSA) is 143 Å². The molecule has 0 saturated heterocycles. The number of nitrogens with one attached hydrogen (secondary N) is 4. The van der Waals surface area contributed by atoms with Gasteiger partial charge in [0.1, 0.15) is 17.2 Å². The summed E-state index contributed by atoms with van der Waals surface area (Å²) in [5.74, 6) is -0.657. The molecular weight excluding hydrogens is 542 g/mol. The average molecular weight is 577 g/mol. The standard InChI is InChI=1S/C26H34F2N8O3S/c1-15(37)30-17-8-10-20(11-9-17)36-24-23(33-26(36)32-22-12-3-16(27)13-21(22)28)14-29-25(34-24)31-18-4-6-19(7-5-18)35-40(2,38)39/h3,12-14,17-20,35H,4-11H2,1-2H3,(H,30,37)(H,32,33)(H,29,31,34)/t17-,18-,19-,20-. The maximum absolute atomic E-state index is 14.5. The third-order valence-corrected chi connectivity index (χ3v) is 8.28. The highest BCUT2D eigenvalue weighted by atomic mass is 32.2. The van der Waals surface area contributed by atoms with Crippen LogP contribution in [0, 0.1) is 11.6 Å². The number of carbonyl (C=O) groups excluding carboxylic acids is 1. The van der Waals surface area contributed by atoms with Crippen LogP contribution in [-0.4, -0.2) is 58.2 Å². The number of nitrogens with zero attached hydrogens (tertiary/aromatic N) is 4.